The Kier molecular flexibility index (Phi) is 4.75. The third-order valence-corrected chi connectivity index (χ3v) is 4.87. The number of pyridine rings is 2. The van der Waals surface area contributed by atoms with E-state index in [1.807, 2.05) is 42.6 Å². The maximum Gasteiger partial charge on any atom is 0.226 e. The minimum absolute atomic E-state index is 0.539. The lowest BCUT2D eigenvalue weighted by Crippen LogP contribution is -2.08. The van der Waals surface area contributed by atoms with Crippen LogP contribution in [0, 0.1) is 0 Å². The van der Waals surface area contributed by atoms with Crippen molar-refractivity contribution in [2.75, 3.05) is 19.5 Å². The van der Waals surface area contributed by atoms with Crippen LogP contribution in [0.4, 0.5) is 5.95 Å². The molecule has 9 heteroatoms. The van der Waals surface area contributed by atoms with E-state index in [-0.39, 0.29) is 0 Å². The Labute approximate surface area is 177 Å². The number of fused-ring (bicyclic) bond motifs is 3. The summed E-state index contributed by atoms with van der Waals surface area (Å²) in [5.74, 6) is 2.31. The Balaban J connectivity index is 1.70. The molecule has 0 atom stereocenters. The molecule has 0 aliphatic rings. The normalized spacial score (nSPS) is 11.0. The van der Waals surface area contributed by atoms with Gasteiger partial charge in [-0.15, -0.1) is 5.10 Å². The monoisotopic (exact) mass is 413 g/mol. The Bertz CT molecular complexity index is 1350. The van der Waals surface area contributed by atoms with Crippen LogP contribution in [0.2, 0.25) is 0 Å². The average molecular weight is 413 g/mol. The zero-order chi connectivity index (χ0) is 21.2. The highest BCUT2D eigenvalue weighted by Gasteiger charge is 2.17. The predicted octanol–water partition coefficient (Wildman–Crippen LogP) is 3.36. The molecular weight excluding hydrogens is 394 g/mol. The van der Waals surface area contributed by atoms with Crippen LogP contribution in [-0.2, 0) is 6.54 Å². The summed E-state index contributed by atoms with van der Waals surface area (Å²) >= 11 is 0. The van der Waals surface area contributed by atoms with Gasteiger partial charge >= 0.3 is 0 Å². The fourth-order valence-corrected chi connectivity index (χ4v) is 3.35. The predicted molar refractivity (Wildman–Crippen MR) is 116 cm³/mol. The summed E-state index contributed by atoms with van der Waals surface area (Å²) < 4.78 is 12.6. The first-order valence-corrected chi connectivity index (χ1v) is 9.62. The molecule has 31 heavy (non-hydrogen) atoms. The molecule has 0 aliphatic carbocycles. The van der Waals surface area contributed by atoms with E-state index in [0.717, 1.165) is 16.5 Å². The zero-order valence-corrected chi connectivity index (χ0v) is 17.0. The van der Waals surface area contributed by atoms with Gasteiger partial charge in [0.1, 0.15) is 0 Å². The summed E-state index contributed by atoms with van der Waals surface area (Å²) in [6.07, 6.45) is 7.00. The maximum absolute atomic E-state index is 5.48. The summed E-state index contributed by atoms with van der Waals surface area (Å²) in [4.78, 5) is 17.9. The number of hydrogen-bond acceptors (Lipinski definition) is 8. The van der Waals surface area contributed by atoms with Gasteiger partial charge in [-0.2, -0.15) is 4.52 Å². The van der Waals surface area contributed by atoms with Crippen molar-refractivity contribution < 1.29 is 9.47 Å². The highest BCUT2D eigenvalue weighted by Crippen LogP contribution is 2.34. The molecule has 0 aliphatic heterocycles. The minimum Gasteiger partial charge on any atom is -0.493 e. The van der Waals surface area contributed by atoms with Gasteiger partial charge in [-0.05, 0) is 29.8 Å². The van der Waals surface area contributed by atoms with Crippen LogP contribution in [0.25, 0.3) is 27.9 Å². The van der Waals surface area contributed by atoms with E-state index in [2.05, 4.69) is 15.3 Å². The topological polar surface area (TPSA) is 99.4 Å². The first-order valence-electron chi connectivity index (χ1n) is 9.62. The van der Waals surface area contributed by atoms with Crippen LogP contribution in [0.5, 0.6) is 11.5 Å². The molecule has 154 valence electrons. The van der Waals surface area contributed by atoms with E-state index in [4.69, 9.17) is 24.5 Å². The van der Waals surface area contributed by atoms with E-state index in [9.17, 15) is 0 Å². The standard InChI is InChI=1S/C22H19N7O2/c1-30-18-9-16-17(10-19(18)31-2)26-22(25-12-14-5-3-7-23-11-14)29-21(16)27-20(28-29)15-6-4-8-24-13-15/h3-11,13H,12H2,1-2H3,(H,25,26). The maximum atomic E-state index is 5.48. The number of nitrogens with one attached hydrogen (secondary N) is 1. The van der Waals surface area contributed by atoms with Gasteiger partial charge in [0.05, 0.1) is 19.7 Å². The molecule has 0 radical (unpaired) electrons. The van der Waals surface area contributed by atoms with Crippen LogP contribution in [0.15, 0.2) is 61.2 Å². The van der Waals surface area contributed by atoms with E-state index >= 15 is 0 Å². The largest absolute Gasteiger partial charge is 0.493 e. The Morgan fingerprint density at radius 3 is 2.42 bits per heavy atom. The quantitative estimate of drug-likeness (QED) is 0.452. The highest BCUT2D eigenvalue weighted by atomic mass is 16.5. The second-order valence-corrected chi connectivity index (χ2v) is 6.79. The van der Waals surface area contributed by atoms with E-state index in [0.29, 0.717) is 41.0 Å². The molecule has 4 heterocycles. The molecule has 4 aromatic heterocycles. The SMILES string of the molecule is COc1cc2nc(NCc3cccnc3)n3nc(-c4cccnc4)nc3c2cc1OC. The molecule has 5 aromatic rings. The smallest absolute Gasteiger partial charge is 0.226 e. The summed E-state index contributed by atoms with van der Waals surface area (Å²) in [6, 6.07) is 11.4. The number of methoxy groups -OCH3 is 2. The molecule has 5 rings (SSSR count). The first kappa shape index (κ1) is 18.7. The van der Waals surface area contributed by atoms with Gasteiger partial charge in [0.2, 0.25) is 5.95 Å². The van der Waals surface area contributed by atoms with Gasteiger partial charge in [-0.1, -0.05) is 6.07 Å². The summed E-state index contributed by atoms with van der Waals surface area (Å²) in [5.41, 5.74) is 3.21. The van der Waals surface area contributed by atoms with Crippen molar-refractivity contribution in [2.45, 2.75) is 6.54 Å². The second kappa shape index (κ2) is 7.86. The number of anilines is 1. The molecule has 9 nitrogen and oxygen atoms in total. The van der Waals surface area contributed by atoms with Crippen LogP contribution >= 0.6 is 0 Å². The van der Waals surface area contributed by atoms with Crippen LogP contribution in [-0.4, -0.2) is 43.8 Å². The number of hydrogen-bond donors (Lipinski definition) is 1. The lowest BCUT2D eigenvalue weighted by atomic mass is 10.2. The van der Waals surface area contributed by atoms with Gasteiger partial charge in [0, 0.05) is 48.3 Å². The van der Waals surface area contributed by atoms with E-state index in [1.54, 1.807) is 37.3 Å². The number of rotatable bonds is 6. The number of benzene rings is 1. The summed E-state index contributed by atoms with van der Waals surface area (Å²) in [5, 5.41) is 8.84. The Morgan fingerprint density at radius 1 is 0.935 bits per heavy atom. The molecule has 0 saturated heterocycles. The van der Waals surface area contributed by atoms with Crippen LogP contribution < -0.4 is 14.8 Å². The highest BCUT2D eigenvalue weighted by molar-refractivity contribution is 5.95. The van der Waals surface area contributed by atoms with Crippen molar-refractivity contribution in [1.29, 1.82) is 0 Å². The van der Waals surface area contributed by atoms with Gasteiger partial charge in [0.15, 0.2) is 23.0 Å². The van der Waals surface area contributed by atoms with Crippen LogP contribution in [0.3, 0.4) is 0 Å². The van der Waals surface area contributed by atoms with Crippen molar-refractivity contribution in [3.05, 3.63) is 66.7 Å². The molecule has 0 spiro atoms. The Hall–Kier alpha value is -4.27. The van der Waals surface area contributed by atoms with E-state index < -0.39 is 0 Å². The average Bonchev–Trinajstić information content (AvgIpc) is 3.29. The minimum atomic E-state index is 0.539. The van der Waals surface area contributed by atoms with Crippen molar-refractivity contribution in [3.8, 4) is 22.9 Å². The van der Waals surface area contributed by atoms with Gasteiger partial charge in [0.25, 0.3) is 0 Å². The van der Waals surface area contributed by atoms with Gasteiger partial charge < -0.3 is 14.8 Å². The van der Waals surface area contributed by atoms with Crippen LogP contribution in [0.1, 0.15) is 5.56 Å². The third-order valence-electron chi connectivity index (χ3n) is 4.87. The lowest BCUT2D eigenvalue weighted by molar-refractivity contribution is 0.356. The van der Waals surface area contributed by atoms with Crippen molar-refractivity contribution in [3.63, 3.8) is 0 Å². The second-order valence-electron chi connectivity index (χ2n) is 6.79. The molecule has 1 N–H and O–H groups in total. The molecule has 1 aromatic carbocycles. The molecule has 0 unspecified atom stereocenters. The molecular formula is C22H19N7O2. The van der Waals surface area contributed by atoms with Crippen molar-refractivity contribution >= 4 is 22.5 Å². The first-order chi connectivity index (χ1) is 15.3. The number of ether oxygens (including phenoxy) is 2. The fourth-order valence-electron chi connectivity index (χ4n) is 3.35. The summed E-state index contributed by atoms with van der Waals surface area (Å²) in [6.45, 7) is 0.539. The molecule has 0 amide bonds. The van der Waals surface area contributed by atoms with Gasteiger partial charge in [-0.25, -0.2) is 9.97 Å². The molecule has 0 bridgehead atoms. The van der Waals surface area contributed by atoms with E-state index in [1.165, 1.54) is 0 Å². The molecule has 0 saturated carbocycles. The van der Waals surface area contributed by atoms with Gasteiger partial charge in [-0.3, -0.25) is 9.97 Å². The van der Waals surface area contributed by atoms with Crippen molar-refractivity contribution in [2.24, 2.45) is 0 Å². The van der Waals surface area contributed by atoms with Crippen molar-refractivity contribution in [1.82, 2.24) is 29.5 Å². The Morgan fingerprint density at radius 2 is 1.71 bits per heavy atom. The lowest BCUT2D eigenvalue weighted by Gasteiger charge is -2.12. The summed E-state index contributed by atoms with van der Waals surface area (Å²) in [7, 11) is 3.20. The third kappa shape index (κ3) is 3.46. The fraction of sp³-hybridized carbons (Fsp3) is 0.136. The number of nitrogens with zero attached hydrogens (tertiary/aromatic N) is 6. The number of aromatic nitrogens is 6. The molecule has 0 fully saturated rings. The zero-order valence-electron chi connectivity index (χ0n) is 17.0.